The maximum atomic E-state index is 13.4. The number of hydrogen-bond acceptors (Lipinski definition) is 6. The van der Waals surface area contributed by atoms with Crippen molar-refractivity contribution in [2.75, 3.05) is 13.1 Å². The molecule has 0 amide bonds. The highest BCUT2D eigenvalue weighted by molar-refractivity contribution is 5.71. The fourth-order valence-electron chi connectivity index (χ4n) is 7.92. The van der Waals surface area contributed by atoms with Gasteiger partial charge < -0.3 is 14.6 Å². The number of aromatic nitrogens is 3. The van der Waals surface area contributed by atoms with Gasteiger partial charge in [0.2, 0.25) is 0 Å². The number of piperidine rings is 1. The van der Waals surface area contributed by atoms with Crippen molar-refractivity contribution >= 4 is 5.97 Å². The Morgan fingerprint density at radius 1 is 1.04 bits per heavy atom. The molecular formula is C39H51F3N4O4. The molecular weight excluding hydrogens is 645 g/mol. The van der Waals surface area contributed by atoms with Gasteiger partial charge in [-0.3, -0.25) is 14.4 Å². The van der Waals surface area contributed by atoms with Gasteiger partial charge in [0, 0.05) is 24.8 Å². The van der Waals surface area contributed by atoms with Gasteiger partial charge in [-0.05, 0) is 117 Å². The minimum atomic E-state index is -4.77. The van der Waals surface area contributed by atoms with Crippen molar-refractivity contribution in [2.45, 2.75) is 122 Å². The van der Waals surface area contributed by atoms with Gasteiger partial charge in [-0.2, -0.15) is 0 Å². The quantitative estimate of drug-likeness (QED) is 0.151. The van der Waals surface area contributed by atoms with Crippen molar-refractivity contribution in [3.63, 3.8) is 0 Å². The molecule has 3 heterocycles. The molecule has 1 aromatic heterocycles. The van der Waals surface area contributed by atoms with Crippen LogP contribution in [0.15, 0.2) is 42.6 Å². The highest BCUT2D eigenvalue weighted by Gasteiger charge is 2.40. The van der Waals surface area contributed by atoms with Crippen LogP contribution in [0.1, 0.15) is 106 Å². The maximum absolute atomic E-state index is 13.4. The fraction of sp³-hybridized carbons (Fsp3) is 0.615. The lowest BCUT2D eigenvalue weighted by Gasteiger charge is -2.38. The first kappa shape index (κ1) is 36.2. The van der Waals surface area contributed by atoms with Crippen LogP contribution in [0.4, 0.5) is 13.2 Å². The normalized spacial score (nSPS) is 19.8. The van der Waals surface area contributed by atoms with Crippen LogP contribution in [-0.4, -0.2) is 56.5 Å². The Morgan fingerprint density at radius 2 is 1.84 bits per heavy atom. The summed E-state index contributed by atoms with van der Waals surface area (Å²) in [5.74, 6) is 0.276. The number of likely N-dealkylation sites (tertiary alicyclic amines) is 1. The van der Waals surface area contributed by atoms with E-state index in [-0.39, 0.29) is 17.8 Å². The Balaban J connectivity index is 1.05. The van der Waals surface area contributed by atoms with Gasteiger partial charge in [0.15, 0.2) is 0 Å². The van der Waals surface area contributed by atoms with Crippen LogP contribution in [0.25, 0.3) is 0 Å². The van der Waals surface area contributed by atoms with E-state index < -0.39 is 18.2 Å². The Kier molecular flexibility index (Phi) is 11.7. The molecule has 2 aromatic carbocycles. The highest BCUT2D eigenvalue weighted by Crippen LogP contribution is 2.48. The summed E-state index contributed by atoms with van der Waals surface area (Å²) in [4.78, 5) is 14.1. The molecule has 0 radical (unpaired) electrons. The molecule has 2 unspecified atom stereocenters. The number of carboxylic acid groups (broad SMARTS) is 1. The summed E-state index contributed by atoms with van der Waals surface area (Å²) in [7, 11) is 0. The Hall–Kier alpha value is -3.60. The van der Waals surface area contributed by atoms with Gasteiger partial charge in [0.1, 0.15) is 17.6 Å². The largest absolute Gasteiger partial charge is 0.573 e. The zero-order valence-corrected chi connectivity index (χ0v) is 29.3. The average Bonchev–Trinajstić information content (AvgIpc) is 3.82. The second-order valence-corrected chi connectivity index (χ2v) is 14.7. The number of halogens is 3. The molecule has 1 aliphatic carbocycles. The number of aryl methyl sites for hydroxylation is 4. The standard InChI is InChI=1S/C39H51F3N4O4/c1-3-4-5-6-7-33-25-46(44-43-33)21-16-27-8-14-35(50-39(40,41)42)32(22-27)24-45-19-17-29(18-20-45)34-15-13-28-9-12-31(23-36(28)49-34)37(30-10-11-30)26(2)38(47)48/h8-9,12,14,22-23,25-26,29-30,34,37H,3-7,10-11,13,15-21,24H2,1-2H3,(H,47,48)/t26?,34-,37?/m1/s1. The number of hydrogen-bond donors (Lipinski definition) is 1. The van der Waals surface area contributed by atoms with Crippen molar-refractivity contribution < 1.29 is 32.5 Å². The van der Waals surface area contributed by atoms with Gasteiger partial charge in [-0.15, -0.1) is 18.3 Å². The number of aliphatic carboxylic acids is 1. The molecule has 0 bridgehead atoms. The molecule has 1 saturated carbocycles. The summed E-state index contributed by atoms with van der Waals surface area (Å²) in [6.07, 6.45) is 9.22. The van der Waals surface area contributed by atoms with Crippen LogP contribution in [0.3, 0.4) is 0 Å². The first-order valence-electron chi connectivity index (χ1n) is 18.6. The SMILES string of the molecule is CCCCCCc1cn(CCc2ccc(OC(F)(F)F)c(CN3CCC([C@H]4CCc5ccc(C(C6CC6)C(C)C(=O)O)cc5O4)CC3)c2)nn1. The van der Waals surface area contributed by atoms with E-state index in [0.29, 0.717) is 36.9 Å². The van der Waals surface area contributed by atoms with Crippen molar-refractivity contribution in [3.05, 3.63) is 70.5 Å². The third-order valence-corrected chi connectivity index (χ3v) is 10.9. The molecule has 8 nitrogen and oxygen atoms in total. The second-order valence-electron chi connectivity index (χ2n) is 14.7. The smallest absolute Gasteiger partial charge is 0.490 e. The van der Waals surface area contributed by atoms with E-state index in [1.54, 1.807) is 13.0 Å². The van der Waals surface area contributed by atoms with Crippen LogP contribution in [-0.2, 0) is 37.1 Å². The van der Waals surface area contributed by atoms with Crippen molar-refractivity contribution in [2.24, 2.45) is 17.8 Å². The minimum absolute atomic E-state index is 0.00438. The molecule has 3 atom stereocenters. The third kappa shape index (κ3) is 9.59. The van der Waals surface area contributed by atoms with Crippen LogP contribution in [0.2, 0.25) is 0 Å². The van der Waals surface area contributed by atoms with Crippen LogP contribution in [0.5, 0.6) is 11.5 Å². The topological polar surface area (TPSA) is 89.7 Å². The number of fused-ring (bicyclic) bond motifs is 1. The van der Waals surface area contributed by atoms with E-state index in [0.717, 1.165) is 87.0 Å². The molecule has 50 heavy (non-hydrogen) atoms. The maximum Gasteiger partial charge on any atom is 0.573 e. The lowest BCUT2D eigenvalue weighted by Crippen LogP contribution is -2.40. The van der Waals surface area contributed by atoms with E-state index in [4.69, 9.17) is 4.74 Å². The lowest BCUT2D eigenvalue weighted by atomic mass is 9.81. The lowest BCUT2D eigenvalue weighted by molar-refractivity contribution is -0.275. The number of carbonyl (C=O) groups is 1. The van der Waals surface area contributed by atoms with E-state index in [9.17, 15) is 23.1 Å². The molecule has 3 aromatic rings. The Morgan fingerprint density at radius 3 is 2.56 bits per heavy atom. The number of rotatable bonds is 16. The Labute approximate surface area is 293 Å². The van der Waals surface area contributed by atoms with Crippen molar-refractivity contribution in [1.82, 2.24) is 19.9 Å². The zero-order chi connectivity index (χ0) is 35.3. The molecule has 272 valence electrons. The van der Waals surface area contributed by atoms with Gasteiger partial charge in [-0.25, -0.2) is 0 Å². The van der Waals surface area contributed by atoms with Gasteiger partial charge >= 0.3 is 12.3 Å². The summed E-state index contributed by atoms with van der Waals surface area (Å²) in [5.41, 5.74) is 4.66. The summed E-state index contributed by atoms with van der Waals surface area (Å²) in [6, 6.07) is 11.3. The molecule has 1 saturated heterocycles. The molecule has 1 N–H and O–H groups in total. The van der Waals surface area contributed by atoms with Crippen LogP contribution < -0.4 is 9.47 Å². The summed E-state index contributed by atoms with van der Waals surface area (Å²) >= 11 is 0. The van der Waals surface area contributed by atoms with Crippen molar-refractivity contribution in [1.29, 1.82) is 0 Å². The Bertz CT molecular complexity index is 1580. The predicted octanol–water partition coefficient (Wildman–Crippen LogP) is 8.36. The number of nitrogens with zero attached hydrogens (tertiary/aromatic N) is 4. The van der Waals surface area contributed by atoms with E-state index in [1.807, 2.05) is 16.9 Å². The van der Waals surface area contributed by atoms with Gasteiger partial charge in [0.05, 0.1) is 11.6 Å². The molecule has 6 rings (SSSR count). The van der Waals surface area contributed by atoms with E-state index >= 15 is 0 Å². The van der Waals surface area contributed by atoms with Crippen molar-refractivity contribution in [3.8, 4) is 11.5 Å². The monoisotopic (exact) mass is 696 g/mol. The summed E-state index contributed by atoms with van der Waals surface area (Å²) < 4.78 is 53.0. The van der Waals surface area contributed by atoms with Gasteiger partial charge in [-0.1, -0.05) is 62.6 Å². The number of alkyl halides is 3. The number of ether oxygens (including phenoxy) is 2. The molecule has 11 heteroatoms. The van der Waals surface area contributed by atoms with Crippen LogP contribution in [0, 0.1) is 17.8 Å². The summed E-state index contributed by atoms with van der Waals surface area (Å²) in [6.45, 7) is 6.48. The zero-order valence-electron chi connectivity index (χ0n) is 29.3. The number of benzene rings is 2. The van der Waals surface area contributed by atoms with Gasteiger partial charge in [0.25, 0.3) is 0 Å². The molecule has 0 spiro atoms. The van der Waals surface area contributed by atoms with E-state index in [1.165, 1.54) is 30.9 Å². The average molecular weight is 697 g/mol. The first-order chi connectivity index (χ1) is 24.1. The predicted molar refractivity (Wildman–Crippen MR) is 184 cm³/mol. The number of unbranched alkanes of at least 4 members (excludes halogenated alkanes) is 3. The first-order valence-corrected chi connectivity index (χ1v) is 18.6. The number of carboxylic acids is 1. The highest BCUT2D eigenvalue weighted by atomic mass is 19.4. The minimum Gasteiger partial charge on any atom is -0.490 e. The molecule has 3 aliphatic rings. The van der Waals surface area contributed by atoms with E-state index in [2.05, 4.69) is 45.1 Å². The second kappa shape index (κ2) is 16.2. The molecule has 2 fully saturated rings. The van der Waals surface area contributed by atoms with Crippen LogP contribution >= 0.6 is 0 Å². The molecule has 2 aliphatic heterocycles. The fourth-order valence-corrected chi connectivity index (χ4v) is 7.92. The third-order valence-electron chi connectivity index (χ3n) is 10.9. The summed E-state index contributed by atoms with van der Waals surface area (Å²) in [5, 5.41) is 18.3.